The maximum absolute atomic E-state index is 9.48. The topological polar surface area (TPSA) is 49.5 Å². The Balaban J connectivity index is 2.07. The first-order chi connectivity index (χ1) is 8.70. The zero-order valence-electron chi connectivity index (χ0n) is 10.6. The summed E-state index contributed by atoms with van der Waals surface area (Å²) < 4.78 is 0. The molecule has 3 N–H and O–H groups in total. The van der Waals surface area contributed by atoms with Crippen molar-refractivity contribution < 1.29 is 5.11 Å². The maximum Gasteiger partial charge on any atom is 0.0635 e. The molecule has 1 aliphatic heterocycles. The number of nitrogens with zero attached hydrogens (tertiary/aromatic N) is 1. The second-order valence-corrected chi connectivity index (χ2v) is 5.42. The van der Waals surface area contributed by atoms with Gasteiger partial charge in [0.1, 0.15) is 0 Å². The van der Waals surface area contributed by atoms with Gasteiger partial charge in [-0.3, -0.25) is 4.90 Å². The molecule has 18 heavy (non-hydrogen) atoms. The van der Waals surface area contributed by atoms with Crippen molar-refractivity contribution in [2.24, 2.45) is 0 Å². The van der Waals surface area contributed by atoms with Gasteiger partial charge in [0, 0.05) is 12.6 Å². The summed E-state index contributed by atoms with van der Waals surface area (Å²) in [4.78, 5) is 2.36. The van der Waals surface area contributed by atoms with Crippen LogP contribution in [0.2, 0.25) is 5.02 Å². The molecule has 100 valence electrons. The van der Waals surface area contributed by atoms with E-state index in [9.17, 15) is 5.11 Å². The molecule has 1 unspecified atom stereocenters. The Labute approximate surface area is 114 Å². The lowest BCUT2D eigenvalue weighted by Gasteiger charge is -2.28. The SMILES string of the molecule is Nc1cc(CN2CCCCCC2CO)ccc1Cl. The minimum atomic E-state index is 0.239. The maximum atomic E-state index is 9.48. The molecule has 0 saturated carbocycles. The van der Waals surface area contributed by atoms with Crippen LogP contribution in [-0.4, -0.2) is 29.2 Å². The number of benzene rings is 1. The first-order valence-electron chi connectivity index (χ1n) is 6.59. The van der Waals surface area contributed by atoms with Crippen LogP contribution in [0.5, 0.6) is 0 Å². The fourth-order valence-corrected chi connectivity index (χ4v) is 2.70. The number of nitrogens with two attached hydrogens (primary N) is 1. The van der Waals surface area contributed by atoms with Gasteiger partial charge in [-0.1, -0.05) is 30.5 Å². The van der Waals surface area contributed by atoms with Gasteiger partial charge >= 0.3 is 0 Å². The molecule has 3 nitrogen and oxygen atoms in total. The van der Waals surface area contributed by atoms with Gasteiger partial charge in [-0.15, -0.1) is 0 Å². The number of halogens is 1. The van der Waals surface area contributed by atoms with Gasteiger partial charge in [0.05, 0.1) is 17.3 Å². The number of rotatable bonds is 3. The number of aliphatic hydroxyl groups is 1. The van der Waals surface area contributed by atoms with E-state index in [1.807, 2.05) is 18.2 Å². The molecule has 0 spiro atoms. The highest BCUT2D eigenvalue weighted by Gasteiger charge is 2.20. The summed E-state index contributed by atoms with van der Waals surface area (Å²) in [5.41, 5.74) is 7.62. The fraction of sp³-hybridized carbons (Fsp3) is 0.571. The third-order valence-corrected chi connectivity index (χ3v) is 4.00. The summed E-state index contributed by atoms with van der Waals surface area (Å²) >= 11 is 5.93. The van der Waals surface area contributed by atoms with Crippen LogP contribution in [0, 0.1) is 0 Å². The summed E-state index contributed by atoms with van der Waals surface area (Å²) in [5, 5.41) is 10.1. The van der Waals surface area contributed by atoms with E-state index in [1.165, 1.54) is 19.3 Å². The normalized spacial score (nSPS) is 21.8. The second-order valence-electron chi connectivity index (χ2n) is 5.01. The van der Waals surface area contributed by atoms with E-state index < -0.39 is 0 Å². The Morgan fingerprint density at radius 3 is 2.89 bits per heavy atom. The number of aliphatic hydroxyl groups excluding tert-OH is 1. The van der Waals surface area contributed by atoms with E-state index in [4.69, 9.17) is 17.3 Å². The molecular weight excluding hydrogens is 248 g/mol. The van der Waals surface area contributed by atoms with Crippen LogP contribution in [0.1, 0.15) is 31.2 Å². The zero-order valence-corrected chi connectivity index (χ0v) is 11.4. The number of hydrogen-bond donors (Lipinski definition) is 2. The lowest BCUT2D eigenvalue weighted by molar-refractivity contribution is 0.118. The Kier molecular flexibility index (Phi) is 4.87. The largest absolute Gasteiger partial charge is 0.398 e. The van der Waals surface area contributed by atoms with Gasteiger partial charge in [-0.2, -0.15) is 0 Å². The van der Waals surface area contributed by atoms with Crippen molar-refractivity contribution in [1.82, 2.24) is 4.90 Å². The predicted octanol–water partition coefficient (Wildman–Crippen LogP) is 2.66. The minimum absolute atomic E-state index is 0.239. The van der Waals surface area contributed by atoms with Gasteiger partial charge in [-0.25, -0.2) is 0 Å². The first kappa shape index (κ1) is 13.7. The van der Waals surface area contributed by atoms with Crippen molar-refractivity contribution in [2.45, 2.75) is 38.3 Å². The summed E-state index contributed by atoms with van der Waals surface area (Å²) in [6.07, 6.45) is 4.76. The molecule has 1 aromatic carbocycles. The molecule has 0 radical (unpaired) electrons. The van der Waals surface area contributed by atoms with E-state index in [2.05, 4.69) is 4.90 Å². The van der Waals surface area contributed by atoms with E-state index >= 15 is 0 Å². The number of nitrogen functional groups attached to an aromatic ring is 1. The summed E-state index contributed by atoms with van der Waals surface area (Å²) in [5.74, 6) is 0. The van der Waals surface area contributed by atoms with E-state index in [-0.39, 0.29) is 12.6 Å². The molecule has 0 aliphatic carbocycles. The van der Waals surface area contributed by atoms with E-state index in [0.717, 1.165) is 25.1 Å². The van der Waals surface area contributed by atoms with Gasteiger partial charge in [0.15, 0.2) is 0 Å². The van der Waals surface area contributed by atoms with Crippen molar-refractivity contribution in [3.05, 3.63) is 28.8 Å². The Morgan fingerprint density at radius 1 is 1.33 bits per heavy atom. The van der Waals surface area contributed by atoms with Crippen LogP contribution < -0.4 is 5.73 Å². The molecule has 1 fully saturated rings. The van der Waals surface area contributed by atoms with Crippen LogP contribution in [-0.2, 0) is 6.54 Å². The van der Waals surface area contributed by atoms with Crippen LogP contribution in [0.3, 0.4) is 0 Å². The third kappa shape index (κ3) is 3.37. The van der Waals surface area contributed by atoms with Gasteiger partial charge in [0.25, 0.3) is 0 Å². The molecule has 2 rings (SSSR count). The van der Waals surface area contributed by atoms with Gasteiger partial charge in [-0.05, 0) is 37.1 Å². The van der Waals surface area contributed by atoms with Gasteiger partial charge in [0.2, 0.25) is 0 Å². The average molecular weight is 269 g/mol. The molecule has 1 aromatic rings. The predicted molar refractivity (Wildman–Crippen MR) is 75.6 cm³/mol. The molecule has 4 heteroatoms. The Hall–Kier alpha value is -0.770. The van der Waals surface area contributed by atoms with E-state index in [0.29, 0.717) is 10.7 Å². The van der Waals surface area contributed by atoms with Crippen LogP contribution in [0.15, 0.2) is 18.2 Å². The standard InChI is InChI=1S/C14H21ClN2O/c15-13-6-5-11(8-14(13)16)9-17-7-3-1-2-4-12(17)10-18/h5-6,8,12,18H,1-4,7,9-10,16H2. The second kappa shape index (κ2) is 6.41. The zero-order chi connectivity index (χ0) is 13.0. The molecule has 1 atom stereocenters. The quantitative estimate of drug-likeness (QED) is 0.829. The molecule has 0 bridgehead atoms. The highest BCUT2D eigenvalue weighted by Crippen LogP contribution is 2.23. The number of hydrogen-bond acceptors (Lipinski definition) is 3. The van der Waals surface area contributed by atoms with Crippen molar-refractivity contribution in [2.75, 3.05) is 18.9 Å². The van der Waals surface area contributed by atoms with Gasteiger partial charge < -0.3 is 10.8 Å². The van der Waals surface area contributed by atoms with E-state index in [1.54, 1.807) is 0 Å². The van der Waals surface area contributed by atoms with Crippen molar-refractivity contribution >= 4 is 17.3 Å². The highest BCUT2D eigenvalue weighted by molar-refractivity contribution is 6.33. The molecule has 1 heterocycles. The molecule has 0 aromatic heterocycles. The fourth-order valence-electron chi connectivity index (χ4n) is 2.58. The van der Waals surface area contributed by atoms with Crippen molar-refractivity contribution in [3.63, 3.8) is 0 Å². The Bertz CT molecular complexity index is 397. The average Bonchev–Trinajstić information content (AvgIpc) is 2.59. The third-order valence-electron chi connectivity index (χ3n) is 3.66. The Morgan fingerprint density at radius 2 is 2.17 bits per heavy atom. The first-order valence-corrected chi connectivity index (χ1v) is 6.97. The lowest BCUT2D eigenvalue weighted by Crippen LogP contribution is -2.36. The molecule has 1 saturated heterocycles. The van der Waals surface area contributed by atoms with Crippen molar-refractivity contribution in [1.29, 1.82) is 0 Å². The highest BCUT2D eigenvalue weighted by atomic mass is 35.5. The van der Waals surface area contributed by atoms with Crippen molar-refractivity contribution in [3.8, 4) is 0 Å². The summed E-state index contributed by atoms with van der Waals surface area (Å²) in [7, 11) is 0. The lowest BCUT2D eigenvalue weighted by atomic mass is 10.1. The summed E-state index contributed by atoms with van der Waals surface area (Å²) in [6, 6.07) is 6.07. The molecule has 0 amide bonds. The van der Waals surface area contributed by atoms with Crippen LogP contribution in [0.4, 0.5) is 5.69 Å². The molecule has 1 aliphatic rings. The molecular formula is C14H21ClN2O. The number of anilines is 1. The monoisotopic (exact) mass is 268 g/mol. The minimum Gasteiger partial charge on any atom is -0.398 e. The van der Waals surface area contributed by atoms with Crippen LogP contribution >= 0.6 is 11.6 Å². The number of likely N-dealkylation sites (tertiary alicyclic amines) is 1. The smallest absolute Gasteiger partial charge is 0.0635 e. The summed E-state index contributed by atoms with van der Waals surface area (Å²) in [6.45, 7) is 2.13. The van der Waals surface area contributed by atoms with Crippen LogP contribution in [0.25, 0.3) is 0 Å².